The SMILES string of the molecule is C.CC(=O)N[C@H]1C([C@H](O)[C@H](O)CO)O[C@](O)(C(=O)O)C[C@H]1O.CC(=O)N[C@H]1C([C@H](O)[C@H](O)CO)O[C@](OP(=O)([O-])OC[C@H]2OC(n3ccc(N)nc3=O)[C@@H](O)[C@H]2O)(C(=O)[O-])C[C@H]1O.Nc1ccn([C@@H]2O[C@H](COP(=O)([O-])CP(=O)([O-])OP(=O)(O)O)[C@H](O)C2O)c(=O)n1.O=P([O-])(O)OP(=O)([O-])O.[Mn+2].[Mn+2].[Na+].[Na+]. The molecule has 0 aliphatic carbocycles. The van der Waals surface area contributed by atoms with E-state index < -0.39 is 248 Å². The summed E-state index contributed by atoms with van der Waals surface area (Å²) < 4.78 is 107. The van der Waals surface area contributed by atoms with Crippen LogP contribution in [0.1, 0.15) is 46.6 Å². The number of aliphatic carboxylic acids is 2. The summed E-state index contributed by atoms with van der Waals surface area (Å²) in [6.07, 6.45) is -27.9. The monoisotopic (exact) mass is 1750 g/mol. The van der Waals surface area contributed by atoms with Gasteiger partial charge in [0.05, 0.1) is 56.6 Å². The molecule has 2 amide bonds. The molecule has 4 aliphatic rings. The number of hydrogen-bond acceptors (Lipinski definition) is 44. The summed E-state index contributed by atoms with van der Waals surface area (Å²) >= 11 is 0. The van der Waals surface area contributed by atoms with Gasteiger partial charge in [0.15, 0.2) is 20.1 Å². The molecule has 6 rings (SSSR count). The summed E-state index contributed by atoms with van der Waals surface area (Å²) in [4.78, 5) is 163. The Hall–Kier alpha value is -1.58. The summed E-state index contributed by atoms with van der Waals surface area (Å²) in [5.74, 6) is -13.9. The van der Waals surface area contributed by atoms with Gasteiger partial charge in [-0.1, -0.05) is 7.43 Å². The molecule has 105 heavy (non-hydrogen) atoms. The molecule has 594 valence electrons. The number of phosphoric acid groups is 4. The maximum Gasteiger partial charge on any atom is 2.00 e. The molecular formula is C42H70Mn2N8Na2O45P6. The van der Waals surface area contributed by atoms with E-state index in [0.717, 1.165) is 35.4 Å². The van der Waals surface area contributed by atoms with Crippen LogP contribution >= 0.6 is 46.5 Å². The van der Waals surface area contributed by atoms with Crippen LogP contribution < -0.4 is 122 Å². The zero-order valence-corrected chi connectivity index (χ0v) is 64.8. The molecule has 2 radical (unpaired) electrons. The Bertz CT molecular complexity index is 3570. The first kappa shape index (κ1) is 108. The van der Waals surface area contributed by atoms with Crippen molar-refractivity contribution in [3.63, 3.8) is 0 Å². The first-order valence-corrected chi connectivity index (χ1v) is 36.4. The van der Waals surface area contributed by atoms with E-state index >= 15 is 0 Å². The first-order chi connectivity index (χ1) is 45.4. The minimum atomic E-state index is -5.81. The second kappa shape index (κ2) is 44.2. The number of nitrogens with zero attached hydrogens (tertiary/aromatic N) is 4. The van der Waals surface area contributed by atoms with Gasteiger partial charge in [-0.05, 0) is 12.1 Å². The minimum absolute atomic E-state index is 0. The van der Waals surface area contributed by atoms with Gasteiger partial charge in [-0.3, -0.25) is 36.9 Å². The Kier molecular flexibility index (Phi) is 45.3. The Balaban J connectivity index is -0.00000143. The van der Waals surface area contributed by atoms with Gasteiger partial charge in [0.1, 0.15) is 98.4 Å². The number of nitrogen functional groups attached to an aromatic ring is 2. The number of carboxylic acids is 2. The topological polar surface area (TPSA) is 902 Å². The number of nitrogens with two attached hydrogens (primary N) is 2. The van der Waals surface area contributed by atoms with Crippen molar-refractivity contribution in [2.24, 2.45) is 0 Å². The molecule has 53 nitrogen and oxygen atoms in total. The third-order valence-corrected chi connectivity index (χ3v) is 21.0. The number of aromatic nitrogens is 4. The third-order valence-electron chi connectivity index (χ3n) is 13.2. The van der Waals surface area contributed by atoms with Crippen LogP contribution in [-0.4, -0.2) is 275 Å². The second-order valence-electron chi connectivity index (χ2n) is 21.0. The predicted molar refractivity (Wildman–Crippen MR) is 304 cm³/mol. The molecule has 9 unspecified atom stereocenters. The summed E-state index contributed by atoms with van der Waals surface area (Å²) in [6, 6.07) is -0.491. The molecule has 0 saturated carbocycles. The van der Waals surface area contributed by atoms with E-state index in [4.69, 9.17) is 65.3 Å². The van der Waals surface area contributed by atoms with Crippen LogP contribution in [0, 0.1) is 0 Å². The molecule has 25 atom stereocenters. The van der Waals surface area contributed by atoms with Gasteiger partial charge in [-0.15, -0.1) is 0 Å². The average Bonchev–Trinajstić information content (AvgIpc) is 1.47. The maximum absolute atomic E-state index is 12.7. The number of phosphoric ester groups is 1. The summed E-state index contributed by atoms with van der Waals surface area (Å²) in [5.41, 5.74) is 8.83. The van der Waals surface area contributed by atoms with Crippen LogP contribution in [0.2, 0.25) is 0 Å². The fraction of sp³-hybridized carbons (Fsp3) is 0.714. The van der Waals surface area contributed by atoms with E-state index in [1.807, 2.05) is 0 Å². The number of ether oxygens (including phenoxy) is 4. The second-order valence-corrected chi connectivity index (χ2v) is 30.4. The average molecular weight is 1750 g/mol. The Morgan fingerprint density at radius 2 is 1.02 bits per heavy atom. The molecule has 6 heterocycles. The van der Waals surface area contributed by atoms with Crippen LogP contribution in [0.25, 0.3) is 0 Å². The van der Waals surface area contributed by atoms with Crippen LogP contribution in [0.4, 0.5) is 11.6 Å². The number of carbonyl (C=O) groups excluding carboxylic acids is 3. The molecule has 24 N–H and O–H groups in total. The van der Waals surface area contributed by atoms with Gasteiger partial charge in [0.25, 0.3) is 29.3 Å². The smallest absolute Gasteiger partial charge is 0.778 e. The minimum Gasteiger partial charge on any atom is -0.778 e. The van der Waals surface area contributed by atoms with Gasteiger partial charge in [-0.25, -0.2) is 27.6 Å². The van der Waals surface area contributed by atoms with E-state index in [2.05, 4.69) is 42.8 Å². The fourth-order valence-corrected chi connectivity index (χ4v) is 15.3. The number of nitrogens with one attached hydrogen (secondary N) is 2. The van der Waals surface area contributed by atoms with Crippen molar-refractivity contribution >= 4 is 81.9 Å². The molecule has 0 spiro atoms. The zero-order valence-electron chi connectivity index (χ0n) is 53.1. The number of carbonyl (C=O) groups is 4. The number of aliphatic hydroxyl groups excluding tert-OH is 12. The van der Waals surface area contributed by atoms with Crippen molar-refractivity contribution in [2.45, 2.75) is 156 Å². The van der Waals surface area contributed by atoms with Gasteiger partial charge in [-0.2, -0.15) is 9.97 Å². The molecule has 4 fully saturated rings. The molecule has 2 aromatic heterocycles. The fourth-order valence-electron chi connectivity index (χ4n) is 8.91. The van der Waals surface area contributed by atoms with Crippen molar-refractivity contribution in [3.8, 4) is 0 Å². The molecular weight excluding hydrogens is 1680 g/mol. The van der Waals surface area contributed by atoms with Crippen LogP contribution in [0.15, 0.2) is 34.1 Å². The van der Waals surface area contributed by atoms with Gasteiger partial charge in [0, 0.05) is 39.1 Å². The van der Waals surface area contributed by atoms with Crippen molar-refractivity contribution < 1.29 is 302 Å². The number of hydrogen-bond donors (Lipinski definition) is 22. The van der Waals surface area contributed by atoms with Gasteiger partial charge >= 0.3 is 118 Å². The zero-order chi connectivity index (χ0) is 77.1. The van der Waals surface area contributed by atoms with Crippen molar-refractivity contribution in [2.75, 3.05) is 43.8 Å². The van der Waals surface area contributed by atoms with E-state index in [9.17, 15) is 142 Å². The van der Waals surface area contributed by atoms with Crippen LogP contribution in [-0.2, 0) is 122 Å². The predicted octanol–water partition coefficient (Wildman–Crippen LogP) is -21.9. The molecule has 2 aromatic rings. The third kappa shape index (κ3) is 33.2. The molecule has 0 aromatic carbocycles. The first-order valence-electron chi connectivity index (χ1n) is 27.0. The summed E-state index contributed by atoms with van der Waals surface area (Å²) in [7, 11) is -32.8. The van der Waals surface area contributed by atoms with E-state index in [-0.39, 0.29) is 112 Å². The van der Waals surface area contributed by atoms with Crippen LogP contribution in [0.5, 0.6) is 0 Å². The molecule has 4 aliphatic heterocycles. The molecule has 0 bridgehead atoms. The Labute approximate surface area is 653 Å². The molecule has 4 saturated heterocycles. The maximum atomic E-state index is 12.7. The number of amides is 2. The summed E-state index contributed by atoms with van der Waals surface area (Å²) in [6.45, 7) is -1.91. The standard InChI is InChI=1S/C20H31N4O16P.C11H19NO9.C10H18N3O13P3.CH4.2Mn.2Na.H4O7P2/c1-7(26)22-12-8(27)4-20(18(32)33,39-16(12)13(29)9(28)5-25)40-41(35,36)37-6-10-14(30)15(31)17(38-10)24-3-2-11(21)23-19(24)34;1-4(14)12-7-5(15)2-11(20,10(18)19)21-9(7)8(17)6(16)3-13;11-6-1-2-13(10(16)12-6)9-8(15)7(14)5(25-9)3-24-27(17,18)4-28(19,20)26-29(21,22)23;;;;;;1-8(2,3)7-9(4,5)6/h2-3,8-10,12-17,25,27-31H,4-6H2,1H3,(H,22,26)(H,32,33)(H,35,36)(H2,21,23,34);5-9,13,15-17,20H,2-3H2,1H3,(H,12,14)(H,18,19);1-2,5,7-9,14-15H,3-4H2,(H,17,18)(H,19,20)(H2,11,12,16)(H2,21,22,23);1H4;;;;;(H2,1,2,3)(H2,4,5,6)/q;;;;2*+2;2*+1;/p-6/t8-,9-,10-,12-,13-,14+,15+,16?,17?,20-;5-,6-,7-,8-,9?,11+;5-,7+,8?,9-;;;;;;/m111....../s1. The largest absolute Gasteiger partial charge is 2.00 e. The van der Waals surface area contributed by atoms with E-state index in [1.54, 1.807) is 0 Å². The molecule has 63 heteroatoms. The van der Waals surface area contributed by atoms with Crippen LogP contribution in [0.3, 0.4) is 0 Å². The van der Waals surface area contributed by atoms with Crippen molar-refractivity contribution in [1.82, 2.24) is 29.7 Å². The number of rotatable bonds is 26. The quantitative estimate of drug-likeness (QED) is 0.0307. The van der Waals surface area contributed by atoms with Gasteiger partial charge in [0.2, 0.25) is 17.6 Å². The normalized spacial score (nSPS) is 31.0. The number of aliphatic hydroxyl groups is 13. The Morgan fingerprint density at radius 1 is 0.648 bits per heavy atom. The van der Waals surface area contributed by atoms with Gasteiger partial charge < -0.3 is 185 Å². The van der Waals surface area contributed by atoms with Crippen molar-refractivity contribution in [1.29, 1.82) is 0 Å². The Morgan fingerprint density at radius 3 is 1.34 bits per heavy atom. The number of anilines is 2. The summed E-state index contributed by atoms with van der Waals surface area (Å²) in [5, 5.41) is 154. The van der Waals surface area contributed by atoms with E-state index in [1.165, 1.54) is 12.1 Å². The van der Waals surface area contributed by atoms with E-state index in [0.29, 0.717) is 0 Å². The number of carboxylic acid groups (broad SMARTS) is 2. The van der Waals surface area contributed by atoms with Crippen molar-refractivity contribution in [3.05, 3.63) is 45.5 Å².